The SMILES string of the molecule is CC(C(=O)Nc1ccc(S(=O)(=O)N2CCCC2)cc1)N(c1cccc(Cl)c1)S(C)(=O)=O. The fourth-order valence-corrected chi connectivity index (χ4v) is 6.32. The van der Waals surface area contributed by atoms with E-state index in [1.807, 2.05) is 0 Å². The molecule has 1 atom stereocenters. The van der Waals surface area contributed by atoms with E-state index >= 15 is 0 Å². The summed E-state index contributed by atoms with van der Waals surface area (Å²) in [6.07, 6.45) is 2.69. The standard InChI is InChI=1S/C20H24ClN3O5S2/c1-15(24(30(2,26)27)18-7-5-6-16(21)14-18)20(25)22-17-8-10-19(11-9-17)31(28,29)23-12-3-4-13-23/h5-11,14-15H,3-4,12-13H2,1-2H3,(H,22,25). The zero-order valence-corrected chi connectivity index (χ0v) is 19.5. The van der Waals surface area contributed by atoms with Gasteiger partial charge in [0.15, 0.2) is 0 Å². The van der Waals surface area contributed by atoms with Gasteiger partial charge in [-0.1, -0.05) is 17.7 Å². The van der Waals surface area contributed by atoms with Gasteiger partial charge in [0.2, 0.25) is 26.0 Å². The largest absolute Gasteiger partial charge is 0.324 e. The monoisotopic (exact) mass is 485 g/mol. The molecule has 3 rings (SSSR count). The Morgan fingerprint density at radius 3 is 2.23 bits per heavy atom. The van der Waals surface area contributed by atoms with E-state index in [2.05, 4.69) is 5.32 Å². The molecule has 0 aromatic heterocycles. The molecule has 1 fully saturated rings. The molecule has 8 nitrogen and oxygen atoms in total. The van der Waals surface area contributed by atoms with Gasteiger partial charge in [-0.15, -0.1) is 0 Å². The predicted octanol–water partition coefficient (Wildman–Crippen LogP) is 2.92. The Hall–Kier alpha value is -2.14. The molecule has 1 amide bonds. The van der Waals surface area contributed by atoms with Gasteiger partial charge in [0.05, 0.1) is 16.8 Å². The van der Waals surface area contributed by atoms with Gasteiger partial charge in [0, 0.05) is 23.8 Å². The van der Waals surface area contributed by atoms with Crippen LogP contribution in [0.5, 0.6) is 0 Å². The maximum atomic E-state index is 12.8. The van der Waals surface area contributed by atoms with Crippen LogP contribution in [0.1, 0.15) is 19.8 Å². The summed E-state index contributed by atoms with van der Waals surface area (Å²) in [7, 11) is -7.33. The maximum absolute atomic E-state index is 12.8. The molecule has 1 heterocycles. The Labute approximate surface area is 187 Å². The lowest BCUT2D eigenvalue weighted by atomic mass is 10.2. The van der Waals surface area contributed by atoms with Crippen molar-refractivity contribution >= 4 is 48.9 Å². The van der Waals surface area contributed by atoms with Crippen molar-refractivity contribution < 1.29 is 21.6 Å². The van der Waals surface area contributed by atoms with Gasteiger partial charge in [-0.05, 0) is 62.2 Å². The van der Waals surface area contributed by atoms with Crippen LogP contribution in [0.25, 0.3) is 0 Å². The van der Waals surface area contributed by atoms with E-state index in [1.54, 1.807) is 18.2 Å². The van der Waals surface area contributed by atoms with Crippen molar-refractivity contribution in [2.75, 3.05) is 29.0 Å². The minimum Gasteiger partial charge on any atom is -0.324 e. The Kier molecular flexibility index (Phi) is 6.95. The zero-order chi connectivity index (χ0) is 22.8. The van der Waals surface area contributed by atoms with Crippen molar-refractivity contribution in [2.24, 2.45) is 0 Å². The molecule has 1 aliphatic rings. The summed E-state index contributed by atoms with van der Waals surface area (Å²) in [5.41, 5.74) is 0.626. The van der Waals surface area contributed by atoms with Crippen molar-refractivity contribution in [3.05, 3.63) is 53.6 Å². The van der Waals surface area contributed by atoms with Crippen LogP contribution in [-0.2, 0) is 24.8 Å². The third kappa shape index (κ3) is 5.38. The lowest BCUT2D eigenvalue weighted by Crippen LogP contribution is -2.45. The van der Waals surface area contributed by atoms with Crippen LogP contribution in [0.4, 0.5) is 11.4 Å². The highest BCUT2D eigenvalue weighted by molar-refractivity contribution is 7.92. The van der Waals surface area contributed by atoms with Crippen molar-refractivity contribution in [3.63, 3.8) is 0 Å². The van der Waals surface area contributed by atoms with E-state index < -0.39 is 32.0 Å². The predicted molar refractivity (Wildman–Crippen MR) is 121 cm³/mol. The summed E-state index contributed by atoms with van der Waals surface area (Å²) in [5.74, 6) is -0.569. The van der Waals surface area contributed by atoms with Crippen LogP contribution in [-0.4, -0.2) is 52.4 Å². The van der Waals surface area contributed by atoms with Crippen LogP contribution in [0.3, 0.4) is 0 Å². The first kappa shape index (κ1) is 23.5. The van der Waals surface area contributed by atoms with E-state index in [0.717, 1.165) is 23.4 Å². The van der Waals surface area contributed by atoms with Gasteiger partial charge < -0.3 is 5.32 Å². The van der Waals surface area contributed by atoms with Gasteiger partial charge in [-0.25, -0.2) is 16.8 Å². The number of nitrogens with one attached hydrogen (secondary N) is 1. The lowest BCUT2D eigenvalue weighted by molar-refractivity contribution is -0.116. The first-order chi connectivity index (χ1) is 14.5. The van der Waals surface area contributed by atoms with Gasteiger partial charge in [0.25, 0.3) is 0 Å². The first-order valence-corrected chi connectivity index (χ1v) is 13.3. The van der Waals surface area contributed by atoms with Crippen LogP contribution in [0.15, 0.2) is 53.4 Å². The average molecular weight is 486 g/mol. The van der Waals surface area contributed by atoms with Crippen LogP contribution >= 0.6 is 11.6 Å². The summed E-state index contributed by atoms with van der Waals surface area (Å²) in [5, 5.41) is 2.98. The number of nitrogens with zero attached hydrogens (tertiary/aromatic N) is 2. The lowest BCUT2D eigenvalue weighted by Gasteiger charge is -2.28. The molecule has 1 N–H and O–H groups in total. The Morgan fingerprint density at radius 2 is 1.68 bits per heavy atom. The highest BCUT2D eigenvalue weighted by Gasteiger charge is 2.30. The van der Waals surface area contributed by atoms with E-state index in [-0.39, 0.29) is 10.6 Å². The van der Waals surface area contributed by atoms with Gasteiger partial charge >= 0.3 is 0 Å². The second kappa shape index (κ2) is 9.15. The topological polar surface area (TPSA) is 104 Å². The summed E-state index contributed by atoms with van der Waals surface area (Å²) in [4.78, 5) is 12.9. The maximum Gasteiger partial charge on any atom is 0.247 e. The quantitative estimate of drug-likeness (QED) is 0.649. The third-order valence-electron chi connectivity index (χ3n) is 4.98. The number of amides is 1. The molecule has 1 unspecified atom stereocenters. The minimum atomic E-state index is -3.78. The highest BCUT2D eigenvalue weighted by atomic mass is 35.5. The second-order valence-electron chi connectivity index (χ2n) is 7.34. The van der Waals surface area contributed by atoms with Gasteiger partial charge in [0.1, 0.15) is 6.04 Å². The smallest absolute Gasteiger partial charge is 0.247 e. The number of rotatable bonds is 7. The van der Waals surface area contributed by atoms with Gasteiger partial charge in [-0.2, -0.15) is 4.31 Å². The summed E-state index contributed by atoms with van der Waals surface area (Å²) < 4.78 is 52.4. The Morgan fingerprint density at radius 1 is 1.06 bits per heavy atom. The third-order valence-corrected chi connectivity index (χ3v) is 8.37. The number of anilines is 2. The molecule has 2 aromatic rings. The zero-order valence-electron chi connectivity index (χ0n) is 17.2. The summed E-state index contributed by atoms with van der Waals surface area (Å²) >= 11 is 5.98. The number of benzene rings is 2. The molecule has 1 aliphatic heterocycles. The fraction of sp³-hybridized carbons (Fsp3) is 0.350. The van der Waals surface area contributed by atoms with E-state index in [0.29, 0.717) is 23.8 Å². The molecule has 0 saturated carbocycles. The number of carbonyl (C=O) groups is 1. The Bertz CT molecular complexity index is 1160. The number of sulfonamides is 2. The molecule has 0 spiro atoms. The van der Waals surface area contributed by atoms with Crippen molar-refractivity contribution in [1.29, 1.82) is 0 Å². The van der Waals surface area contributed by atoms with E-state index in [4.69, 9.17) is 11.6 Å². The van der Waals surface area contributed by atoms with Crippen LogP contribution < -0.4 is 9.62 Å². The molecular weight excluding hydrogens is 462 g/mol. The molecule has 11 heteroatoms. The number of hydrogen-bond donors (Lipinski definition) is 1. The fourth-order valence-electron chi connectivity index (χ4n) is 3.46. The minimum absolute atomic E-state index is 0.150. The molecule has 1 saturated heterocycles. The first-order valence-electron chi connectivity index (χ1n) is 9.66. The van der Waals surface area contributed by atoms with Crippen LogP contribution in [0, 0.1) is 0 Å². The average Bonchev–Trinajstić information content (AvgIpc) is 3.23. The van der Waals surface area contributed by atoms with Crippen LogP contribution in [0.2, 0.25) is 5.02 Å². The molecule has 2 aromatic carbocycles. The van der Waals surface area contributed by atoms with Crippen molar-refractivity contribution in [3.8, 4) is 0 Å². The molecule has 168 valence electrons. The van der Waals surface area contributed by atoms with E-state index in [1.165, 1.54) is 41.6 Å². The molecular formula is C20H24ClN3O5S2. The molecule has 0 bridgehead atoms. The number of carbonyl (C=O) groups excluding carboxylic acids is 1. The molecule has 31 heavy (non-hydrogen) atoms. The highest BCUT2D eigenvalue weighted by Crippen LogP contribution is 2.25. The van der Waals surface area contributed by atoms with E-state index in [9.17, 15) is 21.6 Å². The van der Waals surface area contributed by atoms with Crippen molar-refractivity contribution in [2.45, 2.75) is 30.7 Å². The number of hydrogen-bond acceptors (Lipinski definition) is 5. The van der Waals surface area contributed by atoms with Crippen molar-refractivity contribution in [1.82, 2.24) is 4.31 Å². The molecule has 0 aliphatic carbocycles. The normalized spacial score (nSPS) is 16.1. The number of halogens is 1. The second-order valence-corrected chi connectivity index (χ2v) is 11.6. The summed E-state index contributed by atoms with van der Waals surface area (Å²) in [6, 6.07) is 11.0. The Balaban J connectivity index is 1.78. The molecule has 0 radical (unpaired) electrons. The summed E-state index contributed by atoms with van der Waals surface area (Å²) in [6.45, 7) is 2.47. The van der Waals surface area contributed by atoms with Gasteiger partial charge in [-0.3, -0.25) is 9.10 Å².